The molecule has 0 unspecified atom stereocenters. The first-order chi connectivity index (χ1) is 30.2. The van der Waals surface area contributed by atoms with Crippen molar-refractivity contribution < 1.29 is 0 Å². The van der Waals surface area contributed by atoms with Gasteiger partial charge in [0.15, 0.2) is 17.5 Å². The van der Waals surface area contributed by atoms with E-state index in [2.05, 4.69) is 212 Å². The quantitative estimate of drug-likeness (QED) is 0.169. The lowest BCUT2D eigenvalue weighted by Crippen LogP contribution is -2.25. The summed E-state index contributed by atoms with van der Waals surface area (Å²) in [6.07, 6.45) is 0. The van der Waals surface area contributed by atoms with Crippen LogP contribution < -0.4 is 0 Å². The molecule has 3 nitrogen and oxygen atoms in total. The highest BCUT2D eigenvalue weighted by molar-refractivity contribution is 5.96. The van der Waals surface area contributed by atoms with Gasteiger partial charge in [0.05, 0.1) is 5.41 Å². The maximum atomic E-state index is 5.22. The minimum absolute atomic E-state index is 0.409. The van der Waals surface area contributed by atoms with Crippen LogP contribution >= 0.6 is 0 Å². The molecule has 3 heteroatoms. The second-order valence-corrected chi connectivity index (χ2v) is 15.9. The van der Waals surface area contributed by atoms with E-state index in [1.165, 1.54) is 44.5 Å². The lowest BCUT2D eigenvalue weighted by atomic mass is 9.70. The standard InChI is InChI=1S/C58H37N3/c1-3-16-38(17-4-1)40-20-13-23-44(34-40)55-59-56(45-24-14-21-41(35-45)39-18-5-2-6-19-39)61-57(60-55)46-25-15-22-42(36-46)43-32-33-50-49-28-9-12-31-53(49)58(54(50)37-43)51-29-10-7-26-47(51)48-27-8-11-30-52(48)58/h1-37H. The van der Waals surface area contributed by atoms with Crippen molar-refractivity contribution in [1.82, 2.24) is 15.0 Å². The van der Waals surface area contributed by atoms with Crippen molar-refractivity contribution in [3.63, 3.8) is 0 Å². The zero-order chi connectivity index (χ0) is 40.3. The van der Waals surface area contributed by atoms with Crippen molar-refractivity contribution in [3.8, 4) is 89.8 Å². The normalized spacial score (nSPS) is 12.7. The molecule has 0 saturated heterocycles. The fourth-order valence-corrected chi connectivity index (χ4v) is 9.81. The minimum atomic E-state index is -0.409. The molecule has 1 spiro atoms. The molecule has 0 N–H and O–H groups in total. The summed E-state index contributed by atoms with van der Waals surface area (Å²) in [7, 11) is 0. The molecule has 9 aromatic carbocycles. The van der Waals surface area contributed by atoms with Crippen LogP contribution in [0.25, 0.3) is 89.8 Å². The minimum Gasteiger partial charge on any atom is -0.208 e. The number of hydrogen-bond donors (Lipinski definition) is 0. The number of benzene rings is 9. The Hall–Kier alpha value is -8.01. The zero-order valence-electron chi connectivity index (χ0n) is 33.2. The first-order valence-corrected chi connectivity index (χ1v) is 20.8. The summed E-state index contributed by atoms with van der Waals surface area (Å²) in [5.74, 6) is 1.88. The van der Waals surface area contributed by atoms with E-state index >= 15 is 0 Å². The molecule has 0 fully saturated rings. The van der Waals surface area contributed by atoms with Crippen molar-refractivity contribution in [2.75, 3.05) is 0 Å². The van der Waals surface area contributed by atoms with E-state index in [1.54, 1.807) is 0 Å². The van der Waals surface area contributed by atoms with E-state index in [4.69, 9.17) is 15.0 Å². The van der Waals surface area contributed by atoms with E-state index in [0.29, 0.717) is 17.5 Å². The zero-order valence-corrected chi connectivity index (χ0v) is 33.2. The van der Waals surface area contributed by atoms with Crippen LogP contribution in [0.5, 0.6) is 0 Å². The molecule has 0 radical (unpaired) electrons. The molecule has 2 aliphatic rings. The average molecular weight is 776 g/mol. The molecule has 0 amide bonds. The van der Waals surface area contributed by atoms with Gasteiger partial charge >= 0.3 is 0 Å². The van der Waals surface area contributed by atoms with Gasteiger partial charge in [0.25, 0.3) is 0 Å². The van der Waals surface area contributed by atoms with Crippen molar-refractivity contribution in [1.29, 1.82) is 0 Å². The molecule has 1 aromatic heterocycles. The number of fused-ring (bicyclic) bond motifs is 10. The summed E-state index contributed by atoms with van der Waals surface area (Å²) in [4.78, 5) is 15.6. The third-order valence-electron chi connectivity index (χ3n) is 12.5. The summed E-state index contributed by atoms with van der Waals surface area (Å²) in [6, 6.07) is 80.4. The van der Waals surface area contributed by atoms with Crippen LogP contribution in [-0.2, 0) is 5.41 Å². The first-order valence-electron chi connectivity index (χ1n) is 20.8. The molecular weight excluding hydrogens is 739 g/mol. The summed E-state index contributed by atoms with van der Waals surface area (Å²) in [6.45, 7) is 0. The summed E-state index contributed by atoms with van der Waals surface area (Å²) in [5, 5.41) is 0. The Morgan fingerprint density at radius 3 is 0.951 bits per heavy atom. The highest BCUT2D eigenvalue weighted by Crippen LogP contribution is 2.63. The molecule has 12 rings (SSSR count). The third kappa shape index (κ3) is 5.62. The average Bonchev–Trinajstić information content (AvgIpc) is 3.82. The molecule has 61 heavy (non-hydrogen) atoms. The van der Waals surface area contributed by atoms with Crippen molar-refractivity contribution in [2.24, 2.45) is 0 Å². The van der Waals surface area contributed by atoms with Gasteiger partial charge in [-0.1, -0.05) is 200 Å². The Labute approximate surface area is 355 Å². The second kappa shape index (κ2) is 14.1. The molecule has 2 aliphatic carbocycles. The number of aromatic nitrogens is 3. The van der Waals surface area contributed by atoms with Crippen LogP contribution in [0.2, 0.25) is 0 Å². The van der Waals surface area contributed by atoms with Gasteiger partial charge in [0.2, 0.25) is 0 Å². The van der Waals surface area contributed by atoms with E-state index in [9.17, 15) is 0 Å². The van der Waals surface area contributed by atoms with Crippen molar-refractivity contribution in [2.45, 2.75) is 5.41 Å². The number of rotatable bonds is 6. The maximum absolute atomic E-state index is 5.22. The molecule has 0 saturated carbocycles. The first kappa shape index (κ1) is 35.0. The monoisotopic (exact) mass is 775 g/mol. The Morgan fingerprint density at radius 1 is 0.213 bits per heavy atom. The highest BCUT2D eigenvalue weighted by atomic mass is 15.0. The van der Waals surface area contributed by atoms with Gasteiger partial charge in [-0.3, -0.25) is 0 Å². The summed E-state index contributed by atoms with van der Waals surface area (Å²) < 4.78 is 0. The van der Waals surface area contributed by atoms with E-state index in [1.807, 2.05) is 12.1 Å². The van der Waals surface area contributed by atoms with Crippen LogP contribution in [0.3, 0.4) is 0 Å². The van der Waals surface area contributed by atoms with Gasteiger partial charge in [0, 0.05) is 16.7 Å². The van der Waals surface area contributed by atoms with Gasteiger partial charge in [-0.05, 0) is 102 Å². The molecule has 284 valence electrons. The smallest absolute Gasteiger partial charge is 0.164 e. The van der Waals surface area contributed by atoms with Crippen LogP contribution in [-0.4, -0.2) is 15.0 Å². The Bertz CT molecular complexity index is 3150. The number of nitrogens with zero attached hydrogens (tertiary/aromatic N) is 3. The molecule has 0 atom stereocenters. The fourth-order valence-electron chi connectivity index (χ4n) is 9.81. The second-order valence-electron chi connectivity index (χ2n) is 15.9. The van der Waals surface area contributed by atoms with Gasteiger partial charge in [-0.15, -0.1) is 0 Å². The van der Waals surface area contributed by atoms with Crippen LogP contribution in [0.4, 0.5) is 0 Å². The lowest BCUT2D eigenvalue weighted by Gasteiger charge is -2.30. The predicted molar refractivity (Wildman–Crippen MR) is 249 cm³/mol. The molecule has 1 heterocycles. The van der Waals surface area contributed by atoms with Crippen molar-refractivity contribution >= 4 is 0 Å². The summed E-state index contributed by atoms with van der Waals surface area (Å²) >= 11 is 0. The molecule has 0 aliphatic heterocycles. The summed E-state index contributed by atoms with van der Waals surface area (Å²) in [5.41, 5.74) is 19.7. The van der Waals surface area contributed by atoms with Gasteiger partial charge in [0.1, 0.15) is 0 Å². The third-order valence-corrected chi connectivity index (χ3v) is 12.5. The Kier molecular flexibility index (Phi) is 8.07. The van der Waals surface area contributed by atoms with Crippen LogP contribution in [0.15, 0.2) is 224 Å². The van der Waals surface area contributed by atoms with Gasteiger partial charge in [-0.2, -0.15) is 0 Å². The SMILES string of the molecule is c1ccc(-c2cccc(-c3nc(-c4cccc(-c5ccccc5)c4)nc(-c4cccc(-c5ccc6c(c5)C5(c7ccccc7-c7ccccc75)c5ccccc5-6)c4)n3)c2)cc1. The Balaban J connectivity index is 1.01. The van der Waals surface area contributed by atoms with Crippen molar-refractivity contribution in [3.05, 3.63) is 247 Å². The van der Waals surface area contributed by atoms with E-state index < -0.39 is 5.41 Å². The largest absolute Gasteiger partial charge is 0.208 e. The highest BCUT2D eigenvalue weighted by Gasteiger charge is 2.51. The van der Waals surface area contributed by atoms with Crippen LogP contribution in [0, 0.1) is 0 Å². The molecule has 0 bridgehead atoms. The van der Waals surface area contributed by atoms with E-state index in [-0.39, 0.29) is 0 Å². The topological polar surface area (TPSA) is 38.7 Å². The molecular formula is C58H37N3. The fraction of sp³-hybridized carbons (Fsp3) is 0.0172. The number of hydrogen-bond acceptors (Lipinski definition) is 3. The molecule has 10 aromatic rings. The van der Waals surface area contributed by atoms with Gasteiger partial charge in [-0.25, -0.2) is 15.0 Å². The lowest BCUT2D eigenvalue weighted by molar-refractivity contribution is 0.794. The van der Waals surface area contributed by atoms with E-state index in [0.717, 1.165) is 50.1 Å². The predicted octanol–water partition coefficient (Wildman–Crippen LogP) is 14.2. The van der Waals surface area contributed by atoms with Crippen LogP contribution in [0.1, 0.15) is 22.3 Å². The maximum Gasteiger partial charge on any atom is 0.164 e. The van der Waals surface area contributed by atoms with Gasteiger partial charge < -0.3 is 0 Å². The Morgan fingerprint density at radius 2 is 0.525 bits per heavy atom.